The number of fused-ring (bicyclic) bond motifs is 1. The predicted octanol–water partition coefficient (Wildman–Crippen LogP) is 3.35. The molecule has 0 aliphatic rings. The van der Waals surface area contributed by atoms with Gasteiger partial charge in [0.25, 0.3) is 5.91 Å². The van der Waals surface area contributed by atoms with Crippen LogP contribution in [0.1, 0.15) is 16.6 Å². The molecule has 0 aliphatic carbocycles. The number of thiophene rings is 1. The van der Waals surface area contributed by atoms with E-state index in [4.69, 9.17) is 0 Å². The molecule has 1 heterocycles. The molecular formula is C13H12FNOS. The van der Waals surface area contributed by atoms with Crippen molar-refractivity contribution in [1.82, 2.24) is 5.32 Å². The minimum atomic E-state index is -0.284. The quantitative estimate of drug-likeness (QED) is 0.830. The Balaban J connectivity index is 2.24. The molecule has 0 unspecified atom stereocenters. The van der Waals surface area contributed by atoms with Crippen molar-refractivity contribution in [2.24, 2.45) is 0 Å². The molecule has 0 saturated carbocycles. The third kappa shape index (κ3) is 2.71. The smallest absolute Gasteiger partial charge is 0.261 e. The summed E-state index contributed by atoms with van der Waals surface area (Å²) in [6.45, 7) is 6.02. The Bertz CT molecular complexity index is 588. The van der Waals surface area contributed by atoms with E-state index >= 15 is 0 Å². The third-order valence-electron chi connectivity index (χ3n) is 2.26. The molecule has 0 atom stereocenters. The highest BCUT2D eigenvalue weighted by Crippen LogP contribution is 2.26. The molecule has 0 aliphatic heterocycles. The van der Waals surface area contributed by atoms with E-state index in [1.54, 1.807) is 12.1 Å². The van der Waals surface area contributed by atoms with Gasteiger partial charge in [-0.05, 0) is 30.5 Å². The number of halogens is 1. The van der Waals surface area contributed by atoms with E-state index in [0.717, 1.165) is 15.7 Å². The van der Waals surface area contributed by atoms with Gasteiger partial charge in [0.05, 0.1) is 4.88 Å². The molecule has 0 fully saturated rings. The summed E-state index contributed by atoms with van der Waals surface area (Å²) < 4.78 is 13.8. The SMILES string of the molecule is C=C(C)CNC(=O)c1cc2ccc(F)cc2s1. The van der Waals surface area contributed by atoms with E-state index in [1.807, 2.05) is 6.92 Å². The van der Waals surface area contributed by atoms with Crippen molar-refractivity contribution in [2.45, 2.75) is 6.92 Å². The standard InChI is InChI=1S/C13H12FNOS/c1-8(2)7-15-13(16)12-5-9-3-4-10(14)6-11(9)17-12/h3-6H,1,7H2,2H3,(H,15,16). The average Bonchev–Trinajstić information content (AvgIpc) is 2.68. The van der Waals surface area contributed by atoms with Gasteiger partial charge in [-0.15, -0.1) is 11.3 Å². The molecule has 88 valence electrons. The van der Waals surface area contributed by atoms with Crippen molar-refractivity contribution < 1.29 is 9.18 Å². The van der Waals surface area contributed by atoms with E-state index in [0.29, 0.717) is 11.4 Å². The summed E-state index contributed by atoms with van der Waals surface area (Å²) in [5.41, 5.74) is 0.894. The summed E-state index contributed by atoms with van der Waals surface area (Å²) in [6.07, 6.45) is 0. The molecule has 2 aromatic rings. The summed E-state index contributed by atoms with van der Waals surface area (Å²) in [4.78, 5) is 12.4. The summed E-state index contributed by atoms with van der Waals surface area (Å²) in [6, 6.07) is 6.28. The van der Waals surface area contributed by atoms with Crippen LogP contribution >= 0.6 is 11.3 Å². The van der Waals surface area contributed by atoms with Gasteiger partial charge in [-0.1, -0.05) is 18.2 Å². The number of nitrogens with one attached hydrogen (secondary N) is 1. The van der Waals surface area contributed by atoms with Gasteiger partial charge >= 0.3 is 0 Å². The van der Waals surface area contributed by atoms with E-state index < -0.39 is 0 Å². The maximum Gasteiger partial charge on any atom is 0.261 e. The Morgan fingerprint density at radius 2 is 2.24 bits per heavy atom. The fraction of sp³-hybridized carbons (Fsp3) is 0.154. The van der Waals surface area contributed by atoms with E-state index in [2.05, 4.69) is 11.9 Å². The van der Waals surface area contributed by atoms with Gasteiger partial charge in [-0.3, -0.25) is 4.79 Å². The second-order valence-corrected chi connectivity index (χ2v) is 5.02. The van der Waals surface area contributed by atoms with Crippen LogP contribution in [0.5, 0.6) is 0 Å². The number of carbonyl (C=O) groups excluding carboxylic acids is 1. The first-order valence-corrected chi connectivity index (χ1v) is 5.99. The first-order chi connectivity index (χ1) is 8.06. The predicted molar refractivity (Wildman–Crippen MR) is 68.9 cm³/mol. The van der Waals surface area contributed by atoms with E-state index in [1.165, 1.54) is 23.5 Å². The zero-order valence-electron chi connectivity index (χ0n) is 9.42. The van der Waals surface area contributed by atoms with Crippen LogP contribution in [0.15, 0.2) is 36.4 Å². The van der Waals surface area contributed by atoms with Crippen LogP contribution in [0.2, 0.25) is 0 Å². The van der Waals surface area contributed by atoms with Crippen LogP contribution in [-0.4, -0.2) is 12.5 Å². The Morgan fingerprint density at radius 3 is 2.94 bits per heavy atom. The highest BCUT2D eigenvalue weighted by atomic mass is 32.1. The fourth-order valence-corrected chi connectivity index (χ4v) is 2.44. The maximum atomic E-state index is 13.0. The lowest BCUT2D eigenvalue weighted by Crippen LogP contribution is -2.23. The van der Waals surface area contributed by atoms with E-state index in [-0.39, 0.29) is 11.7 Å². The number of rotatable bonds is 3. The van der Waals surface area contributed by atoms with Crippen LogP contribution in [0.25, 0.3) is 10.1 Å². The molecule has 1 amide bonds. The van der Waals surface area contributed by atoms with Crippen molar-refractivity contribution >= 4 is 27.3 Å². The lowest BCUT2D eigenvalue weighted by Gasteiger charge is -2.01. The molecule has 2 rings (SSSR count). The number of hydrogen-bond donors (Lipinski definition) is 1. The molecule has 2 nitrogen and oxygen atoms in total. The normalized spacial score (nSPS) is 10.5. The van der Waals surface area contributed by atoms with Crippen molar-refractivity contribution in [2.75, 3.05) is 6.54 Å². The molecule has 1 N–H and O–H groups in total. The number of carbonyl (C=O) groups is 1. The van der Waals surface area contributed by atoms with Gasteiger partial charge in [0.2, 0.25) is 0 Å². The largest absolute Gasteiger partial charge is 0.348 e. The lowest BCUT2D eigenvalue weighted by atomic mass is 10.2. The van der Waals surface area contributed by atoms with Crippen LogP contribution in [0.4, 0.5) is 4.39 Å². The highest BCUT2D eigenvalue weighted by molar-refractivity contribution is 7.20. The number of hydrogen-bond acceptors (Lipinski definition) is 2. The minimum absolute atomic E-state index is 0.144. The minimum Gasteiger partial charge on any atom is -0.348 e. The fourth-order valence-electron chi connectivity index (χ4n) is 1.44. The molecule has 0 bridgehead atoms. The van der Waals surface area contributed by atoms with Gasteiger partial charge in [0, 0.05) is 11.2 Å². The molecular weight excluding hydrogens is 237 g/mol. The number of benzene rings is 1. The van der Waals surface area contributed by atoms with Crippen molar-refractivity contribution in [3.8, 4) is 0 Å². The Labute approximate surface area is 103 Å². The van der Waals surface area contributed by atoms with Gasteiger partial charge < -0.3 is 5.32 Å². The van der Waals surface area contributed by atoms with Crippen LogP contribution in [-0.2, 0) is 0 Å². The molecule has 0 spiro atoms. The molecule has 0 saturated heterocycles. The average molecular weight is 249 g/mol. The molecule has 0 radical (unpaired) electrons. The van der Waals surface area contributed by atoms with E-state index in [9.17, 15) is 9.18 Å². The Hall–Kier alpha value is -1.68. The van der Waals surface area contributed by atoms with Gasteiger partial charge in [-0.2, -0.15) is 0 Å². The van der Waals surface area contributed by atoms with Crippen molar-refractivity contribution in [1.29, 1.82) is 0 Å². The number of amides is 1. The summed E-state index contributed by atoms with van der Waals surface area (Å²) in [5.74, 6) is -0.428. The highest BCUT2D eigenvalue weighted by Gasteiger charge is 2.10. The first kappa shape index (κ1) is 11.8. The second kappa shape index (κ2) is 4.67. The first-order valence-electron chi connectivity index (χ1n) is 5.18. The summed E-state index contributed by atoms with van der Waals surface area (Å²) in [5, 5.41) is 3.64. The van der Waals surface area contributed by atoms with Crippen LogP contribution < -0.4 is 5.32 Å². The Morgan fingerprint density at radius 1 is 1.47 bits per heavy atom. The van der Waals surface area contributed by atoms with Gasteiger partial charge in [0.15, 0.2) is 0 Å². The van der Waals surface area contributed by atoms with Gasteiger partial charge in [-0.25, -0.2) is 4.39 Å². The van der Waals surface area contributed by atoms with Gasteiger partial charge in [0.1, 0.15) is 5.82 Å². The van der Waals surface area contributed by atoms with Crippen LogP contribution in [0.3, 0.4) is 0 Å². The monoisotopic (exact) mass is 249 g/mol. The topological polar surface area (TPSA) is 29.1 Å². The zero-order chi connectivity index (χ0) is 12.4. The Kier molecular flexibility index (Phi) is 3.24. The lowest BCUT2D eigenvalue weighted by molar-refractivity contribution is 0.0961. The van der Waals surface area contributed by atoms with Crippen molar-refractivity contribution in [3.63, 3.8) is 0 Å². The molecule has 1 aromatic carbocycles. The van der Waals surface area contributed by atoms with Crippen molar-refractivity contribution in [3.05, 3.63) is 47.1 Å². The molecule has 17 heavy (non-hydrogen) atoms. The maximum absolute atomic E-state index is 13.0. The zero-order valence-corrected chi connectivity index (χ0v) is 10.2. The van der Waals surface area contributed by atoms with Crippen LogP contribution in [0, 0.1) is 5.82 Å². The summed E-state index contributed by atoms with van der Waals surface area (Å²) in [7, 11) is 0. The third-order valence-corrected chi connectivity index (χ3v) is 3.35. The molecule has 1 aromatic heterocycles. The molecule has 4 heteroatoms. The summed E-state index contributed by atoms with van der Waals surface area (Å²) >= 11 is 1.29. The second-order valence-electron chi connectivity index (χ2n) is 3.93.